The molecule has 34 heavy (non-hydrogen) atoms. The summed E-state index contributed by atoms with van der Waals surface area (Å²) in [6.07, 6.45) is 3.20. The standard InChI is InChI=1S/C14H19Cl2NO.C10H9NO2.CH3NO/c1-13(7-14(2,8-13)17-3)9-18-10-4-5-11(15)12(16)6-10;11-7-9-2-1-3-10(6-9)8-13-5-4-12;2-1-3/h4-6,17H,7-9H2,1-3H3;1-4,6H,5,8H2;1H,(H2,2,3). The molecule has 3 rings (SSSR count). The van der Waals surface area contributed by atoms with E-state index in [2.05, 4.69) is 24.9 Å². The maximum atomic E-state index is 9.94. The lowest BCUT2D eigenvalue weighted by Crippen LogP contribution is -2.58. The third kappa shape index (κ3) is 10.1. The van der Waals surface area contributed by atoms with E-state index in [9.17, 15) is 4.79 Å². The molecule has 0 aliphatic heterocycles. The summed E-state index contributed by atoms with van der Waals surface area (Å²) in [4.78, 5) is 18.5. The summed E-state index contributed by atoms with van der Waals surface area (Å²) in [6.45, 7) is 5.67. The second kappa shape index (κ2) is 14.6. The van der Waals surface area contributed by atoms with Crippen molar-refractivity contribution in [2.24, 2.45) is 11.1 Å². The third-order valence-corrected chi connectivity index (χ3v) is 5.97. The van der Waals surface area contributed by atoms with Crippen LogP contribution in [0.2, 0.25) is 10.0 Å². The summed E-state index contributed by atoms with van der Waals surface area (Å²) < 4.78 is 10.8. The van der Waals surface area contributed by atoms with Gasteiger partial charge >= 0.3 is 0 Å². The van der Waals surface area contributed by atoms with Crippen LogP contribution in [0.1, 0.15) is 37.8 Å². The Kier molecular flexibility index (Phi) is 12.6. The number of hydrogen-bond donors (Lipinski definition) is 2. The van der Waals surface area contributed by atoms with Gasteiger partial charge in [-0.2, -0.15) is 5.26 Å². The van der Waals surface area contributed by atoms with Gasteiger partial charge in [-0.1, -0.05) is 42.3 Å². The summed E-state index contributed by atoms with van der Waals surface area (Å²) in [5.41, 5.74) is 6.17. The molecular weight excluding hydrogens is 477 g/mol. The molecule has 0 heterocycles. The average molecular weight is 508 g/mol. The van der Waals surface area contributed by atoms with Crippen molar-refractivity contribution >= 4 is 35.9 Å². The maximum absolute atomic E-state index is 9.94. The molecule has 2 aromatic carbocycles. The van der Waals surface area contributed by atoms with Gasteiger partial charge in [0.2, 0.25) is 6.41 Å². The number of carbonyl (C=O) groups is 2. The zero-order valence-corrected chi connectivity index (χ0v) is 21.2. The smallest absolute Gasteiger partial charge is 0.204 e. The summed E-state index contributed by atoms with van der Waals surface area (Å²) >= 11 is 11.8. The van der Waals surface area contributed by atoms with E-state index in [0.717, 1.165) is 24.2 Å². The highest BCUT2D eigenvalue weighted by molar-refractivity contribution is 6.42. The van der Waals surface area contributed by atoms with Crippen molar-refractivity contribution in [3.05, 3.63) is 63.6 Å². The number of halogens is 2. The number of hydrogen-bond acceptors (Lipinski definition) is 6. The number of aldehydes is 1. The van der Waals surface area contributed by atoms with Gasteiger partial charge in [0.05, 0.1) is 34.9 Å². The number of ether oxygens (including phenoxy) is 2. The van der Waals surface area contributed by atoms with Crippen molar-refractivity contribution in [1.29, 1.82) is 5.26 Å². The first-order valence-corrected chi connectivity index (χ1v) is 11.3. The van der Waals surface area contributed by atoms with E-state index < -0.39 is 0 Å². The molecule has 7 nitrogen and oxygen atoms in total. The van der Waals surface area contributed by atoms with Crippen molar-refractivity contribution in [2.75, 3.05) is 20.3 Å². The molecule has 184 valence electrons. The summed E-state index contributed by atoms with van der Waals surface area (Å²) in [6, 6.07) is 14.5. The Balaban J connectivity index is 0.000000318. The maximum Gasteiger partial charge on any atom is 0.204 e. The van der Waals surface area contributed by atoms with Crippen LogP contribution in [0.25, 0.3) is 0 Å². The van der Waals surface area contributed by atoms with Crippen molar-refractivity contribution in [3.63, 3.8) is 0 Å². The topological polar surface area (TPSA) is 114 Å². The average Bonchev–Trinajstić information content (AvgIpc) is 2.80. The molecule has 1 aliphatic carbocycles. The van der Waals surface area contributed by atoms with E-state index in [1.54, 1.807) is 30.3 Å². The number of amides is 1. The minimum absolute atomic E-state index is 0.0940. The molecule has 0 spiro atoms. The molecule has 0 radical (unpaired) electrons. The minimum atomic E-state index is 0.0940. The lowest BCUT2D eigenvalue weighted by molar-refractivity contribution is -0.112. The number of benzene rings is 2. The number of nitrogens with zero attached hydrogens (tertiary/aromatic N) is 1. The van der Waals surface area contributed by atoms with Gasteiger partial charge in [0.15, 0.2) is 0 Å². The van der Waals surface area contributed by atoms with Gasteiger partial charge < -0.3 is 25.3 Å². The monoisotopic (exact) mass is 507 g/mol. The van der Waals surface area contributed by atoms with E-state index >= 15 is 0 Å². The number of nitrogens with one attached hydrogen (secondary N) is 1. The molecule has 0 bridgehead atoms. The van der Waals surface area contributed by atoms with E-state index in [-0.39, 0.29) is 24.0 Å². The molecular formula is C25H31Cl2N3O4. The van der Waals surface area contributed by atoms with Crippen LogP contribution in [0.3, 0.4) is 0 Å². The first-order valence-electron chi connectivity index (χ1n) is 10.6. The summed E-state index contributed by atoms with van der Waals surface area (Å²) in [5.74, 6) is 0.781. The van der Waals surface area contributed by atoms with Crippen LogP contribution in [0, 0.1) is 16.7 Å². The normalized spacial score (nSPS) is 20.2. The van der Waals surface area contributed by atoms with Crippen LogP contribution in [0.15, 0.2) is 42.5 Å². The van der Waals surface area contributed by atoms with Crippen LogP contribution >= 0.6 is 23.2 Å². The molecule has 0 atom stereocenters. The highest BCUT2D eigenvalue weighted by Gasteiger charge is 2.48. The molecule has 1 saturated carbocycles. The zero-order valence-electron chi connectivity index (χ0n) is 19.6. The molecule has 3 N–H and O–H groups in total. The first-order chi connectivity index (χ1) is 16.1. The van der Waals surface area contributed by atoms with Crippen molar-refractivity contribution in [3.8, 4) is 11.8 Å². The van der Waals surface area contributed by atoms with Crippen LogP contribution in [0.4, 0.5) is 0 Å². The molecule has 1 fully saturated rings. The van der Waals surface area contributed by atoms with E-state index in [1.165, 1.54) is 0 Å². The van der Waals surface area contributed by atoms with Crippen LogP contribution in [-0.2, 0) is 20.9 Å². The molecule has 9 heteroatoms. The Labute approximate surface area is 211 Å². The van der Waals surface area contributed by atoms with Crippen molar-refractivity contribution in [2.45, 2.75) is 38.8 Å². The fourth-order valence-electron chi connectivity index (χ4n) is 3.89. The summed E-state index contributed by atoms with van der Waals surface area (Å²) in [7, 11) is 2.01. The van der Waals surface area contributed by atoms with Crippen LogP contribution in [-0.4, -0.2) is 38.5 Å². The summed E-state index contributed by atoms with van der Waals surface area (Å²) in [5, 5.41) is 13.0. The molecule has 0 unspecified atom stereocenters. The van der Waals surface area contributed by atoms with E-state index in [0.29, 0.717) is 35.1 Å². The lowest BCUT2D eigenvalue weighted by Gasteiger charge is -2.52. The Morgan fingerprint density at radius 3 is 2.38 bits per heavy atom. The van der Waals surface area contributed by atoms with Crippen molar-refractivity contribution in [1.82, 2.24) is 5.32 Å². The Hall–Kier alpha value is -2.63. The second-order valence-corrected chi connectivity index (χ2v) is 9.28. The van der Waals surface area contributed by atoms with Gasteiger partial charge in [0, 0.05) is 17.0 Å². The zero-order chi connectivity index (χ0) is 25.6. The van der Waals surface area contributed by atoms with Gasteiger partial charge in [0.1, 0.15) is 18.6 Å². The van der Waals surface area contributed by atoms with E-state index in [1.807, 2.05) is 25.2 Å². The molecule has 0 aromatic heterocycles. The Morgan fingerprint density at radius 2 is 1.82 bits per heavy atom. The largest absolute Gasteiger partial charge is 0.493 e. The van der Waals surface area contributed by atoms with E-state index in [4.69, 9.17) is 42.7 Å². The molecule has 1 amide bonds. The highest BCUT2D eigenvalue weighted by atomic mass is 35.5. The van der Waals surface area contributed by atoms with Crippen LogP contribution in [0.5, 0.6) is 5.75 Å². The minimum Gasteiger partial charge on any atom is -0.493 e. The van der Waals surface area contributed by atoms with Crippen LogP contribution < -0.4 is 15.8 Å². The second-order valence-electron chi connectivity index (χ2n) is 8.47. The number of carbonyl (C=O) groups excluding carboxylic acids is 2. The number of nitriles is 1. The molecule has 0 saturated heterocycles. The van der Waals surface area contributed by atoms with Gasteiger partial charge in [-0.05, 0) is 56.6 Å². The Morgan fingerprint density at radius 1 is 1.15 bits per heavy atom. The fraction of sp³-hybridized carbons (Fsp3) is 0.400. The van der Waals surface area contributed by atoms with Gasteiger partial charge in [-0.15, -0.1) is 0 Å². The highest BCUT2D eigenvalue weighted by Crippen LogP contribution is 2.48. The Bertz CT molecular complexity index is 973. The van der Waals surface area contributed by atoms with Gasteiger partial charge in [0.25, 0.3) is 0 Å². The van der Waals surface area contributed by atoms with Gasteiger partial charge in [-0.3, -0.25) is 4.79 Å². The van der Waals surface area contributed by atoms with Gasteiger partial charge in [-0.25, -0.2) is 0 Å². The number of primary amides is 1. The quantitative estimate of drug-likeness (QED) is 0.400. The molecule has 1 aliphatic rings. The predicted octanol–water partition coefficient (Wildman–Crippen LogP) is 4.53. The number of nitrogens with two attached hydrogens (primary N) is 1. The first kappa shape index (κ1) is 29.4. The fourth-order valence-corrected chi connectivity index (χ4v) is 4.18. The number of rotatable bonds is 8. The predicted molar refractivity (Wildman–Crippen MR) is 134 cm³/mol. The SMILES string of the molecule is CNC1(C)CC(C)(COc2ccc(Cl)c(Cl)c2)C1.N#Cc1cccc(COCC=O)c1.NC=O. The van der Waals surface area contributed by atoms with Crippen molar-refractivity contribution < 1.29 is 19.1 Å². The molecule has 2 aromatic rings. The lowest BCUT2D eigenvalue weighted by atomic mass is 9.59. The third-order valence-electron chi connectivity index (χ3n) is 5.23.